The van der Waals surface area contributed by atoms with Crippen LogP contribution in [0.1, 0.15) is 21.3 Å². The summed E-state index contributed by atoms with van der Waals surface area (Å²) in [5.74, 6) is -0.0944. The van der Waals surface area contributed by atoms with Crippen LogP contribution in [0.3, 0.4) is 0 Å². The van der Waals surface area contributed by atoms with Gasteiger partial charge in [0.2, 0.25) is 0 Å². The first-order chi connectivity index (χ1) is 7.68. The normalized spacial score (nSPS) is 12.4. The van der Waals surface area contributed by atoms with E-state index in [2.05, 4.69) is 0 Å². The number of hydrogen-bond acceptors (Lipinski definition) is 3. The second kappa shape index (κ2) is 4.78. The lowest BCUT2D eigenvalue weighted by molar-refractivity contribution is 0.0965. The van der Waals surface area contributed by atoms with Crippen LogP contribution in [0.15, 0.2) is 42.5 Å². The van der Waals surface area contributed by atoms with Gasteiger partial charge in [0.25, 0.3) is 0 Å². The third kappa shape index (κ3) is 2.32. The maximum Gasteiger partial charge on any atom is 0.193 e. The first kappa shape index (κ1) is 11.3. The minimum Gasteiger partial charge on any atom is -0.317 e. The maximum atomic E-state index is 12.0. The molecule has 0 fully saturated rings. The first-order valence-electron chi connectivity index (χ1n) is 4.78. The number of carbonyl (C=O) groups is 1. The highest BCUT2D eigenvalue weighted by molar-refractivity contribution is 7.18. The molecule has 0 unspecified atom stereocenters. The van der Waals surface area contributed by atoms with Crippen molar-refractivity contribution in [2.24, 2.45) is 5.73 Å². The highest BCUT2D eigenvalue weighted by Crippen LogP contribution is 2.25. The molecule has 0 aliphatic carbocycles. The summed E-state index contributed by atoms with van der Waals surface area (Å²) in [6.07, 6.45) is 0. The smallest absolute Gasteiger partial charge is 0.193 e. The summed E-state index contributed by atoms with van der Waals surface area (Å²) in [6.45, 7) is 0. The Morgan fingerprint density at radius 1 is 1.19 bits per heavy atom. The largest absolute Gasteiger partial charge is 0.317 e. The van der Waals surface area contributed by atoms with Gasteiger partial charge in [0.05, 0.1) is 15.3 Å². The quantitative estimate of drug-likeness (QED) is 0.851. The second-order valence-corrected chi connectivity index (χ2v) is 5.07. The summed E-state index contributed by atoms with van der Waals surface area (Å²) < 4.78 is 0.601. The molecular weight excluding hydrogens is 242 g/mol. The molecule has 0 amide bonds. The molecule has 0 aliphatic heterocycles. The number of nitrogens with two attached hydrogens (primary N) is 1. The fourth-order valence-electron chi connectivity index (χ4n) is 1.41. The average Bonchev–Trinajstić information content (AvgIpc) is 2.75. The minimum absolute atomic E-state index is 0.0944. The lowest BCUT2D eigenvalue weighted by Gasteiger charge is -2.08. The van der Waals surface area contributed by atoms with Crippen molar-refractivity contribution in [3.63, 3.8) is 0 Å². The molecule has 0 spiro atoms. The Hall–Kier alpha value is -1.16. The number of ketones is 1. The van der Waals surface area contributed by atoms with E-state index in [1.807, 2.05) is 30.3 Å². The van der Waals surface area contributed by atoms with Crippen molar-refractivity contribution in [1.82, 2.24) is 0 Å². The second-order valence-electron chi connectivity index (χ2n) is 3.36. The molecule has 1 atom stereocenters. The van der Waals surface area contributed by atoms with E-state index in [1.165, 1.54) is 11.3 Å². The summed E-state index contributed by atoms with van der Waals surface area (Å²) >= 11 is 7.04. The molecule has 0 saturated heterocycles. The van der Waals surface area contributed by atoms with Crippen molar-refractivity contribution in [2.75, 3.05) is 0 Å². The Morgan fingerprint density at radius 3 is 2.44 bits per heavy atom. The van der Waals surface area contributed by atoms with Crippen LogP contribution in [-0.2, 0) is 0 Å². The van der Waals surface area contributed by atoms with Crippen LogP contribution in [-0.4, -0.2) is 5.78 Å². The van der Waals surface area contributed by atoms with Crippen molar-refractivity contribution >= 4 is 28.7 Å². The maximum absolute atomic E-state index is 12.0. The number of thiophene rings is 1. The van der Waals surface area contributed by atoms with Crippen LogP contribution in [0.2, 0.25) is 4.34 Å². The SMILES string of the molecule is N[C@@H](C(=O)c1ccc(Cl)s1)c1ccccc1. The molecule has 1 aromatic heterocycles. The van der Waals surface area contributed by atoms with Crippen molar-refractivity contribution in [3.8, 4) is 0 Å². The highest BCUT2D eigenvalue weighted by Gasteiger charge is 2.18. The monoisotopic (exact) mass is 251 g/mol. The third-order valence-corrected chi connectivity index (χ3v) is 3.50. The van der Waals surface area contributed by atoms with Gasteiger partial charge in [-0.3, -0.25) is 4.79 Å². The van der Waals surface area contributed by atoms with E-state index in [0.29, 0.717) is 9.21 Å². The number of halogens is 1. The number of hydrogen-bond donors (Lipinski definition) is 1. The summed E-state index contributed by atoms with van der Waals surface area (Å²) in [6, 6.07) is 12.1. The van der Waals surface area contributed by atoms with Crippen molar-refractivity contribution in [2.45, 2.75) is 6.04 Å². The van der Waals surface area contributed by atoms with Crippen molar-refractivity contribution < 1.29 is 4.79 Å². The van der Waals surface area contributed by atoms with Gasteiger partial charge >= 0.3 is 0 Å². The molecule has 1 aromatic carbocycles. The van der Waals surface area contributed by atoms with E-state index in [-0.39, 0.29) is 5.78 Å². The van der Waals surface area contributed by atoms with Gasteiger partial charge in [-0.1, -0.05) is 41.9 Å². The van der Waals surface area contributed by atoms with E-state index in [9.17, 15) is 4.79 Å². The molecule has 82 valence electrons. The molecular formula is C12H10ClNOS. The van der Waals surface area contributed by atoms with Gasteiger partial charge in [0.1, 0.15) is 0 Å². The van der Waals surface area contributed by atoms with E-state index in [1.54, 1.807) is 12.1 Å². The fourth-order valence-corrected chi connectivity index (χ4v) is 2.43. The summed E-state index contributed by atoms with van der Waals surface area (Å²) in [7, 11) is 0. The molecule has 0 bridgehead atoms. The van der Waals surface area contributed by atoms with E-state index in [0.717, 1.165) is 5.56 Å². The van der Waals surface area contributed by atoms with Gasteiger partial charge in [-0.15, -0.1) is 11.3 Å². The van der Waals surface area contributed by atoms with Gasteiger partial charge in [-0.2, -0.15) is 0 Å². The van der Waals surface area contributed by atoms with E-state index >= 15 is 0 Å². The molecule has 0 saturated carbocycles. The van der Waals surface area contributed by atoms with Crippen molar-refractivity contribution in [3.05, 3.63) is 57.2 Å². The Bertz CT molecular complexity index is 495. The number of rotatable bonds is 3. The Morgan fingerprint density at radius 2 is 1.88 bits per heavy atom. The fraction of sp³-hybridized carbons (Fsp3) is 0.0833. The topological polar surface area (TPSA) is 43.1 Å². The van der Waals surface area contributed by atoms with Gasteiger partial charge in [-0.05, 0) is 17.7 Å². The van der Waals surface area contributed by atoms with Crippen LogP contribution in [0.4, 0.5) is 0 Å². The number of benzene rings is 1. The van der Waals surface area contributed by atoms with Crippen LogP contribution in [0, 0.1) is 0 Å². The van der Waals surface area contributed by atoms with E-state index in [4.69, 9.17) is 17.3 Å². The standard InChI is InChI=1S/C12H10ClNOS/c13-10-7-6-9(16-10)12(15)11(14)8-4-2-1-3-5-8/h1-7,11H,14H2/t11-/m1/s1. The zero-order chi connectivity index (χ0) is 11.5. The molecule has 16 heavy (non-hydrogen) atoms. The van der Waals surface area contributed by atoms with Crippen LogP contribution in [0.25, 0.3) is 0 Å². The molecule has 2 aromatic rings. The highest BCUT2D eigenvalue weighted by atomic mass is 35.5. The summed E-state index contributed by atoms with van der Waals surface area (Å²) in [5, 5.41) is 0. The number of Topliss-reactive ketones (excluding diaryl/α,β-unsaturated/α-hetero) is 1. The molecule has 2 N–H and O–H groups in total. The molecule has 1 heterocycles. The molecule has 0 radical (unpaired) electrons. The molecule has 2 rings (SSSR count). The van der Waals surface area contributed by atoms with Crippen molar-refractivity contribution in [1.29, 1.82) is 0 Å². The minimum atomic E-state index is -0.615. The lowest BCUT2D eigenvalue weighted by Crippen LogP contribution is -2.20. The number of carbonyl (C=O) groups excluding carboxylic acids is 1. The Balaban J connectivity index is 2.23. The zero-order valence-corrected chi connectivity index (χ0v) is 9.96. The molecule has 0 aliphatic rings. The Labute approximate surface area is 103 Å². The predicted octanol–water partition coefficient (Wildman–Crippen LogP) is 3.28. The van der Waals surface area contributed by atoms with E-state index < -0.39 is 6.04 Å². The molecule has 2 nitrogen and oxygen atoms in total. The summed E-state index contributed by atoms with van der Waals surface area (Å²) in [4.78, 5) is 12.6. The average molecular weight is 252 g/mol. The third-order valence-electron chi connectivity index (χ3n) is 2.26. The van der Waals surface area contributed by atoms with Gasteiger partial charge in [-0.25, -0.2) is 0 Å². The van der Waals surface area contributed by atoms with Gasteiger partial charge < -0.3 is 5.73 Å². The zero-order valence-electron chi connectivity index (χ0n) is 8.39. The van der Waals surface area contributed by atoms with Crippen LogP contribution < -0.4 is 5.73 Å². The summed E-state index contributed by atoms with van der Waals surface area (Å²) in [5.41, 5.74) is 6.71. The predicted molar refractivity (Wildman–Crippen MR) is 67.0 cm³/mol. The van der Waals surface area contributed by atoms with Crippen LogP contribution in [0.5, 0.6) is 0 Å². The Kier molecular flexibility index (Phi) is 3.39. The lowest BCUT2D eigenvalue weighted by atomic mass is 10.0. The van der Waals surface area contributed by atoms with Crippen LogP contribution >= 0.6 is 22.9 Å². The first-order valence-corrected chi connectivity index (χ1v) is 5.98. The molecule has 4 heteroatoms. The van der Waals surface area contributed by atoms with Gasteiger partial charge in [0.15, 0.2) is 5.78 Å². The van der Waals surface area contributed by atoms with Gasteiger partial charge in [0, 0.05) is 0 Å².